The summed E-state index contributed by atoms with van der Waals surface area (Å²) in [5.74, 6) is -1.97. The lowest BCUT2D eigenvalue weighted by molar-refractivity contribution is -0.277. The number of nitrogens with zero attached hydrogens (tertiary/aromatic N) is 5. The van der Waals surface area contributed by atoms with Crippen molar-refractivity contribution in [2.24, 2.45) is 5.10 Å². The molecule has 2 aromatic heterocycles. The SMILES string of the molecule is N=c1c2c(C(F)(F)F)nn(-c3ccc(F)cc3F)c2ncn1N=Cc1ccc(OC2OC(CO)C(O)C(O)C2O)cc1. The third-order valence-electron chi connectivity index (χ3n) is 6.33. The predicted octanol–water partition coefficient (Wildman–Crippen LogP) is 1.06. The van der Waals surface area contributed by atoms with Gasteiger partial charge in [-0.15, -0.1) is 0 Å². The van der Waals surface area contributed by atoms with E-state index in [4.69, 9.17) is 14.9 Å². The van der Waals surface area contributed by atoms with Crippen molar-refractivity contribution in [1.29, 1.82) is 5.41 Å². The van der Waals surface area contributed by atoms with Gasteiger partial charge in [-0.3, -0.25) is 5.41 Å². The van der Waals surface area contributed by atoms with Crippen LogP contribution in [0.15, 0.2) is 53.9 Å². The molecule has 0 spiro atoms. The van der Waals surface area contributed by atoms with E-state index in [0.29, 0.717) is 16.3 Å². The second kappa shape index (κ2) is 11.2. The molecule has 5 rings (SSSR count). The van der Waals surface area contributed by atoms with Gasteiger partial charge in [-0.2, -0.15) is 23.4 Å². The molecule has 17 heteroatoms. The number of hydrogen-bond donors (Lipinski definition) is 5. The Bertz CT molecular complexity index is 1690. The molecule has 5 unspecified atom stereocenters. The molecular formula is C25H21F5N6O6. The quantitative estimate of drug-likeness (QED) is 0.163. The van der Waals surface area contributed by atoms with E-state index >= 15 is 0 Å². The van der Waals surface area contributed by atoms with E-state index < -0.39 is 83.0 Å². The van der Waals surface area contributed by atoms with Crippen LogP contribution in [0.1, 0.15) is 11.3 Å². The molecule has 0 radical (unpaired) electrons. The average Bonchev–Trinajstić information content (AvgIpc) is 3.35. The molecule has 0 aliphatic carbocycles. The smallest absolute Gasteiger partial charge is 0.436 e. The molecule has 0 bridgehead atoms. The van der Waals surface area contributed by atoms with E-state index in [9.17, 15) is 42.4 Å². The minimum Gasteiger partial charge on any atom is -0.462 e. The molecule has 5 atom stereocenters. The maximum atomic E-state index is 14.4. The number of hydrogen-bond acceptors (Lipinski definition) is 10. The summed E-state index contributed by atoms with van der Waals surface area (Å²) in [5, 5.41) is 54.1. The summed E-state index contributed by atoms with van der Waals surface area (Å²) in [4.78, 5) is 3.89. The van der Waals surface area contributed by atoms with E-state index in [2.05, 4.69) is 15.2 Å². The molecular weight excluding hydrogens is 575 g/mol. The maximum absolute atomic E-state index is 14.4. The number of ether oxygens (including phenoxy) is 2. The number of aliphatic hydroxyl groups excluding tert-OH is 4. The molecule has 0 amide bonds. The number of rotatable bonds is 6. The summed E-state index contributed by atoms with van der Waals surface area (Å²) in [6, 6.07) is 7.98. The minimum absolute atomic E-state index is 0.156. The zero-order valence-corrected chi connectivity index (χ0v) is 21.0. The van der Waals surface area contributed by atoms with E-state index in [1.54, 1.807) is 0 Å². The third-order valence-corrected chi connectivity index (χ3v) is 6.33. The summed E-state index contributed by atoms with van der Waals surface area (Å²) in [7, 11) is 0. The summed E-state index contributed by atoms with van der Waals surface area (Å²) >= 11 is 0. The van der Waals surface area contributed by atoms with Gasteiger partial charge in [0, 0.05) is 6.07 Å². The first-order valence-electron chi connectivity index (χ1n) is 12.1. The average molecular weight is 596 g/mol. The van der Waals surface area contributed by atoms with Gasteiger partial charge >= 0.3 is 6.18 Å². The van der Waals surface area contributed by atoms with Gasteiger partial charge in [-0.1, -0.05) is 0 Å². The topological polar surface area (TPSA) is 171 Å². The van der Waals surface area contributed by atoms with Gasteiger partial charge in [0.2, 0.25) is 6.29 Å². The van der Waals surface area contributed by atoms with Crippen LogP contribution < -0.4 is 10.2 Å². The number of alkyl halides is 3. The Labute approximate surface area is 231 Å². The summed E-state index contributed by atoms with van der Waals surface area (Å²) in [6.07, 6.45) is -10.3. The van der Waals surface area contributed by atoms with Gasteiger partial charge in [-0.05, 0) is 42.0 Å². The molecule has 1 aliphatic heterocycles. The predicted molar refractivity (Wildman–Crippen MR) is 131 cm³/mol. The van der Waals surface area contributed by atoms with Crippen molar-refractivity contribution in [3.05, 3.63) is 77.2 Å². The van der Waals surface area contributed by atoms with Gasteiger partial charge in [-0.25, -0.2) is 23.1 Å². The number of fused-ring (bicyclic) bond motifs is 1. The number of halogens is 5. The second-order valence-electron chi connectivity index (χ2n) is 9.12. The largest absolute Gasteiger partial charge is 0.462 e. The zero-order chi connectivity index (χ0) is 30.3. The molecule has 42 heavy (non-hydrogen) atoms. The number of aromatic nitrogens is 4. The third kappa shape index (κ3) is 5.47. The highest BCUT2D eigenvalue weighted by atomic mass is 19.4. The maximum Gasteiger partial charge on any atom is 0.436 e. The van der Waals surface area contributed by atoms with Crippen molar-refractivity contribution in [3.8, 4) is 11.4 Å². The van der Waals surface area contributed by atoms with Crippen molar-refractivity contribution >= 4 is 17.2 Å². The first kappa shape index (κ1) is 29.2. The van der Waals surface area contributed by atoms with Crippen LogP contribution in [0.5, 0.6) is 5.75 Å². The van der Waals surface area contributed by atoms with Crippen molar-refractivity contribution in [3.63, 3.8) is 0 Å². The Hall–Kier alpha value is -4.29. The van der Waals surface area contributed by atoms with E-state index in [-0.39, 0.29) is 5.75 Å². The normalized spacial score (nSPS) is 23.1. The van der Waals surface area contributed by atoms with Crippen LogP contribution in [-0.4, -0.2) is 83.4 Å². The number of benzene rings is 2. The molecule has 3 heterocycles. The molecule has 0 saturated carbocycles. The minimum atomic E-state index is -5.04. The van der Waals surface area contributed by atoms with Gasteiger partial charge in [0.1, 0.15) is 48.0 Å². The molecule has 1 saturated heterocycles. The monoisotopic (exact) mass is 596 g/mol. The van der Waals surface area contributed by atoms with Crippen LogP contribution in [-0.2, 0) is 10.9 Å². The molecule has 5 N–H and O–H groups in total. The number of nitrogens with one attached hydrogen (secondary N) is 1. The van der Waals surface area contributed by atoms with Crippen molar-refractivity contribution in [2.45, 2.75) is 36.9 Å². The summed E-state index contributed by atoms with van der Waals surface area (Å²) in [5.41, 5.74) is -2.89. The van der Waals surface area contributed by atoms with Crippen molar-refractivity contribution < 1.29 is 51.9 Å². The Balaban J connectivity index is 1.41. The second-order valence-corrected chi connectivity index (χ2v) is 9.12. The van der Waals surface area contributed by atoms with E-state index in [1.807, 2.05) is 0 Å². The Morgan fingerprint density at radius 3 is 2.40 bits per heavy atom. The van der Waals surface area contributed by atoms with Gasteiger partial charge in [0.15, 0.2) is 22.6 Å². The van der Waals surface area contributed by atoms with Crippen molar-refractivity contribution in [1.82, 2.24) is 19.4 Å². The Kier molecular flexibility index (Phi) is 7.78. The number of aliphatic hydroxyl groups is 4. The molecule has 2 aromatic carbocycles. The molecule has 4 aromatic rings. The summed E-state index contributed by atoms with van der Waals surface area (Å²) in [6.45, 7) is -0.634. The lowest BCUT2D eigenvalue weighted by Crippen LogP contribution is -2.60. The van der Waals surface area contributed by atoms with E-state index in [0.717, 1.165) is 23.1 Å². The van der Waals surface area contributed by atoms with Gasteiger partial charge in [0.05, 0.1) is 18.2 Å². The fraction of sp³-hybridized carbons (Fsp3) is 0.280. The lowest BCUT2D eigenvalue weighted by atomic mass is 9.99. The van der Waals surface area contributed by atoms with Crippen LogP contribution in [0, 0.1) is 17.0 Å². The molecule has 12 nitrogen and oxygen atoms in total. The van der Waals surface area contributed by atoms with Crippen LogP contribution in [0.3, 0.4) is 0 Å². The van der Waals surface area contributed by atoms with Crippen LogP contribution in [0.2, 0.25) is 0 Å². The van der Waals surface area contributed by atoms with E-state index in [1.165, 1.54) is 30.5 Å². The highest BCUT2D eigenvalue weighted by Crippen LogP contribution is 2.33. The zero-order valence-electron chi connectivity index (χ0n) is 21.0. The first-order valence-corrected chi connectivity index (χ1v) is 12.1. The van der Waals surface area contributed by atoms with Crippen LogP contribution >= 0.6 is 0 Å². The fourth-order valence-electron chi connectivity index (χ4n) is 4.20. The van der Waals surface area contributed by atoms with Crippen molar-refractivity contribution in [2.75, 3.05) is 6.61 Å². The molecule has 1 fully saturated rings. The molecule has 222 valence electrons. The van der Waals surface area contributed by atoms with Crippen LogP contribution in [0.25, 0.3) is 16.7 Å². The first-order chi connectivity index (χ1) is 19.9. The van der Waals surface area contributed by atoms with Crippen LogP contribution in [0.4, 0.5) is 22.0 Å². The standard InChI is InChI=1S/C25H21F5N6O6/c26-12-3-6-15(14(27)7-12)36-23-17(21(34-36)25(28,29)30)22(31)35(10-32-23)33-8-11-1-4-13(5-2-11)41-24-20(40)19(39)18(38)16(9-37)42-24/h1-8,10,16,18-20,24,31,37-40H,9H2. The Morgan fingerprint density at radius 2 is 1.76 bits per heavy atom. The Morgan fingerprint density at radius 1 is 1.05 bits per heavy atom. The summed E-state index contributed by atoms with van der Waals surface area (Å²) < 4.78 is 81.2. The highest BCUT2D eigenvalue weighted by molar-refractivity contribution is 5.81. The highest BCUT2D eigenvalue weighted by Gasteiger charge is 2.44. The lowest BCUT2D eigenvalue weighted by Gasteiger charge is -2.39. The van der Waals surface area contributed by atoms with Gasteiger partial charge < -0.3 is 29.9 Å². The van der Waals surface area contributed by atoms with Gasteiger partial charge in [0.25, 0.3) is 0 Å². The fourth-order valence-corrected chi connectivity index (χ4v) is 4.20. The molecule has 1 aliphatic rings.